The van der Waals surface area contributed by atoms with Gasteiger partial charge in [0, 0.05) is 11.8 Å². The molecule has 0 saturated carbocycles. The molecule has 1 aliphatic carbocycles. The fourth-order valence-corrected chi connectivity index (χ4v) is 3.78. The van der Waals surface area contributed by atoms with Crippen LogP contribution in [0.3, 0.4) is 0 Å². The molecule has 1 aliphatic rings. The van der Waals surface area contributed by atoms with E-state index < -0.39 is 0 Å². The van der Waals surface area contributed by atoms with E-state index in [9.17, 15) is 4.79 Å². The molecule has 0 amide bonds. The van der Waals surface area contributed by atoms with Crippen LogP contribution in [0.4, 0.5) is 0 Å². The van der Waals surface area contributed by atoms with E-state index in [0.29, 0.717) is 16.2 Å². The van der Waals surface area contributed by atoms with Gasteiger partial charge in [0.1, 0.15) is 0 Å². The molecule has 0 saturated heterocycles. The highest BCUT2D eigenvalue weighted by molar-refractivity contribution is 9.12. The topological polar surface area (TPSA) is 17.1 Å². The zero-order valence-corrected chi connectivity index (χ0v) is 13.1. The minimum Gasteiger partial charge on any atom is -0.294 e. The number of allylic oxidation sites excluding steroid dienone is 2. The molecule has 0 aliphatic heterocycles. The van der Waals surface area contributed by atoms with E-state index in [1.807, 2.05) is 12.1 Å². The summed E-state index contributed by atoms with van der Waals surface area (Å²) in [7, 11) is 0. The van der Waals surface area contributed by atoms with Crippen molar-refractivity contribution in [3.05, 3.63) is 39.9 Å². The van der Waals surface area contributed by atoms with Crippen LogP contribution in [0.5, 0.6) is 0 Å². The zero-order valence-electron chi connectivity index (χ0n) is 9.89. The van der Waals surface area contributed by atoms with Gasteiger partial charge < -0.3 is 0 Å². The third kappa shape index (κ3) is 2.27. The molecule has 2 rings (SSSR count). The van der Waals surface area contributed by atoms with E-state index in [1.54, 1.807) is 0 Å². The molecular weight excluding hydrogens is 344 g/mol. The number of hydrogen-bond donors (Lipinski definition) is 0. The van der Waals surface area contributed by atoms with Crippen LogP contribution in [0.1, 0.15) is 31.4 Å². The molecule has 1 aromatic carbocycles. The number of Topliss-reactive ketones (excluding diaryl/α,β-unsaturated/α-hetero) is 1. The van der Waals surface area contributed by atoms with Gasteiger partial charge in [-0.15, -0.1) is 0 Å². The standard InChI is InChI=1S/C14H14Br2O/c1-14(2)7-12(17)13(16)10(8-15)9-5-3-4-6-11(9)14/h3-6H,7-8H2,1-2H3. The Morgan fingerprint density at radius 3 is 2.59 bits per heavy atom. The number of benzene rings is 1. The Balaban J connectivity index is 2.74. The molecule has 0 heterocycles. The minimum absolute atomic E-state index is 0.114. The lowest BCUT2D eigenvalue weighted by atomic mass is 9.79. The summed E-state index contributed by atoms with van der Waals surface area (Å²) < 4.78 is 0.715. The lowest BCUT2D eigenvalue weighted by molar-refractivity contribution is -0.115. The van der Waals surface area contributed by atoms with Crippen molar-refractivity contribution < 1.29 is 4.79 Å². The summed E-state index contributed by atoms with van der Waals surface area (Å²) >= 11 is 6.93. The predicted octanol–water partition coefficient (Wildman–Crippen LogP) is 4.44. The van der Waals surface area contributed by atoms with Crippen LogP contribution in [0.15, 0.2) is 28.7 Å². The average molecular weight is 358 g/mol. The quantitative estimate of drug-likeness (QED) is 0.679. The van der Waals surface area contributed by atoms with Crippen LogP contribution in [-0.4, -0.2) is 11.1 Å². The maximum atomic E-state index is 12.1. The minimum atomic E-state index is -0.114. The molecule has 90 valence electrons. The van der Waals surface area contributed by atoms with Gasteiger partial charge in [-0.3, -0.25) is 4.79 Å². The van der Waals surface area contributed by atoms with Gasteiger partial charge in [0.15, 0.2) is 5.78 Å². The number of carbonyl (C=O) groups is 1. The number of rotatable bonds is 1. The Bertz CT molecular complexity index is 501. The van der Waals surface area contributed by atoms with Crippen molar-refractivity contribution in [2.75, 3.05) is 5.33 Å². The number of alkyl halides is 1. The zero-order chi connectivity index (χ0) is 12.6. The number of halogens is 2. The van der Waals surface area contributed by atoms with Crippen molar-refractivity contribution in [3.63, 3.8) is 0 Å². The van der Waals surface area contributed by atoms with Crippen LogP contribution in [-0.2, 0) is 10.2 Å². The summed E-state index contributed by atoms with van der Waals surface area (Å²) in [5, 5.41) is 0.687. The third-order valence-electron chi connectivity index (χ3n) is 3.23. The van der Waals surface area contributed by atoms with Gasteiger partial charge in [-0.1, -0.05) is 54.0 Å². The predicted molar refractivity (Wildman–Crippen MR) is 78.7 cm³/mol. The molecule has 0 radical (unpaired) electrons. The first-order valence-corrected chi connectivity index (χ1v) is 7.46. The highest BCUT2D eigenvalue weighted by Crippen LogP contribution is 2.40. The largest absolute Gasteiger partial charge is 0.294 e. The summed E-state index contributed by atoms with van der Waals surface area (Å²) in [6, 6.07) is 8.27. The molecule has 0 spiro atoms. The first-order valence-electron chi connectivity index (χ1n) is 5.55. The lowest BCUT2D eigenvalue weighted by Crippen LogP contribution is -2.21. The Kier molecular flexibility index (Phi) is 3.60. The van der Waals surface area contributed by atoms with E-state index in [1.165, 1.54) is 11.1 Å². The van der Waals surface area contributed by atoms with Crippen molar-refractivity contribution >= 4 is 43.2 Å². The highest BCUT2D eigenvalue weighted by atomic mass is 79.9. The second kappa shape index (κ2) is 4.69. The van der Waals surface area contributed by atoms with Crippen molar-refractivity contribution in [2.45, 2.75) is 25.7 Å². The van der Waals surface area contributed by atoms with Crippen LogP contribution in [0.2, 0.25) is 0 Å². The summed E-state index contributed by atoms with van der Waals surface area (Å²) in [5.41, 5.74) is 3.36. The van der Waals surface area contributed by atoms with Gasteiger partial charge in [0.2, 0.25) is 0 Å². The number of carbonyl (C=O) groups excluding carboxylic acids is 1. The van der Waals surface area contributed by atoms with Crippen molar-refractivity contribution in [1.29, 1.82) is 0 Å². The molecule has 3 heteroatoms. The lowest BCUT2D eigenvalue weighted by Gasteiger charge is -2.25. The van der Waals surface area contributed by atoms with Gasteiger partial charge >= 0.3 is 0 Å². The molecule has 1 aromatic rings. The van der Waals surface area contributed by atoms with E-state index in [-0.39, 0.29) is 11.2 Å². The first kappa shape index (κ1) is 13.0. The van der Waals surface area contributed by atoms with Crippen LogP contribution >= 0.6 is 31.9 Å². The molecular formula is C14H14Br2O. The normalized spacial score (nSPS) is 18.9. The van der Waals surface area contributed by atoms with Crippen molar-refractivity contribution in [3.8, 4) is 0 Å². The fraction of sp³-hybridized carbons (Fsp3) is 0.357. The molecule has 0 N–H and O–H groups in total. The van der Waals surface area contributed by atoms with Crippen molar-refractivity contribution in [2.24, 2.45) is 0 Å². The maximum absolute atomic E-state index is 12.1. The number of hydrogen-bond acceptors (Lipinski definition) is 1. The van der Waals surface area contributed by atoms with E-state index in [4.69, 9.17) is 0 Å². The summed E-state index contributed by atoms with van der Waals surface area (Å²) in [6.07, 6.45) is 0.543. The average Bonchev–Trinajstić information content (AvgIpc) is 2.35. The first-order chi connectivity index (χ1) is 7.97. The monoisotopic (exact) mass is 356 g/mol. The second-order valence-electron chi connectivity index (χ2n) is 4.96. The van der Waals surface area contributed by atoms with Gasteiger partial charge in [-0.05, 0) is 38.0 Å². The molecule has 0 aromatic heterocycles. The Morgan fingerprint density at radius 1 is 1.29 bits per heavy atom. The van der Waals surface area contributed by atoms with Crippen LogP contribution < -0.4 is 0 Å². The summed E-state index contributed by atoms with van der Waals surface area (Å²) in [4.78, 5) is 12.1. The Labute approximate surface area is 119 Å². The SMILES string of the molecule is CC1(C)CC(=O)C(Br)=C(CBr)c2ccccc21. The van der Waals surface area contributed by atoms with Gasteiger partial charge in [-0.25, -0.2) is 0 Å². The molecule has 0 fully saturated rings. The molecule has 17 heavy (non-hydrogen) atoms. The van der Waals surface area contributed by atoms with Gasteiger partial charge in [0.05, 0.1) is 4.48 Å². The van der Waals surface area contributed by atoms with E-state index >= 15 is 0 Å². The molecule has 0 atom stereocenters. The second-order valence-corrected chi connectivity index (χ2v) is 6.31. The van der Waals surface area contributed by atoms with Gasteiger partial charge in [0.25, 0.3) is 0 Å². The summed E-state index contributed by atoms with van der Waals surface area (Å²) in [5.74, 6) is 0.181. The van der Waals surface area contributed by atoms with Crippen LogP contribution in [0.25, 0.3) is 5.57 Å². The number of fused-ring (bicyclic) bond motifs is 1. The Morgan fingerprint density at radius 2 is 1.94 bits per heavy atom. The van der Waals surface area contributed by atoms with E-state index in [2.05, 4.69) is 57.8 Å². The maximum Gasteiger partial charge on any atom is 0.171 e. The van der Waals surface area contributed by atoms with Crippen molar-refractivity contribution in [1.82, 2.24) is 0 Å². The fourth-order valence-electron chi connectivity index (χ4n) is 2.33. The summed E-state index contributed by atoms with van der Waals surface area (Å²) in [6.45, 7) is 4.25. The molecule has 0 bridgehead atoms. The smallest absolute Gasteiger partial charge is 0.171 e. The van der Waals surface area contributed by atoms with Crippen LogP contribution in [0, 0.1) is 0 Å². The Hall–Kier alpha value is -0.410. The van der Waals surface area contributed by atoms with E-state index in [0.717, 1.165) is 5.57 Å². The molecule has 1 nitrogen and oxygen atoms in total. The van der Waals surface area contributed by atoms with Gasteiger partial charge in [-0.2, -0.15) is 0 Å². The number of ketones is 1. The highest BCUT2D eigenvalue weighted by Gasteiger charge is 2.32. The third-order valence-corrected chi connectivity index (χ3v) is 4.71. The molecule has 0 unspecified atom stereocenters.